The number of amides is 1. The second kappa shape index (κ2) is 6.73. The van der Waals surface area contributed by atoms with Crippen molar-refractivity contribution in [3.05, 3.63) is 29.3 Å². The van der Waals surface area contributed by atoms with Gasteiger partial charge >= 0.3 is 0 Å². The van der Waals surface area contributed by atoms with Crippen molar-refractivity contribution in [3.63, 3.8) is 0 Å². The lowest BCUT2D eigenvalue weighted by Gasteiger charge is -2.32. The Morgan fingerprint density at radius 1 is 1.25 bits per heavy atom. The first-order valence-electron chi connectivity index (χ1n) is 8.96. The summed E-state index contributed by atoms with van der Waals surface area (Å²) in [6.07, 6.45) is 2.46. The molecule has 1 aliphatic heterocycles. The smallest absolute Gasteiger partial charge is 0.247 e. The van der Waals surface area contributed by atoms with E-state index in [1.807, 2.05) is 23.1 Å². The molecule has 1 saturated heterocycles. The summed E-state index contributed by atoms with van der Waals surface area (Å²) in [6, 6.07) is 6.38. The summed E-state index contributed by atoms with van der Waals surface area (Å²) < 4.78 is 5.45. The zero-order chi connectivity index (χ0) is 17.3. The van der Waals surface area contributed by atoms with Gasteiger partial charge in [0.15, 0.2) is 0 Å². The van der Waals surface area contributed by atoms with Crippen LogP contribution in [0.4, 0.5) is 0 Å². The van der Waals surface area contributed by atoms with Crippen molar-refractivity contribution in [2.24, 2.45) is 5.73 Å². The Bertz CT molecular complexity index is 617. The Labute approximate surface area is 144 Å². The third-order valence-corrected chi connectivity index (χ3v) is 5.53. The zero-order valence-electron chi connectivity index (χ0n) is 15.0. The van der Waals surface area contributed by atoms with E-state index in [4.69, 9.17) is 10.5 Å². The van der Waals surface area contributed by atoms with Crippen molar-refractivity contribution in [2.45, 2.75) is 44.7 Å². The lowest BCUT2D eigenvalue weighted by molar-refractivity contribution is -0.137. The number of fused-ring (bicyclic) bond motifs is 1. The summed E-state index contributed by atoms with van der Waals surface area (Å²) in [5, 5.41) is 0. The van der Waals surface area contributed by atoms with Crippen LogP contribution in [0.2, 0.25) is 0 Å². The van der Waals surface area contributed by atoms with E-state index in [2.05, 4.69) is 18.7 Å². The molecule has 0 bridgehead atoms. The topological polar surface area (TPSA) is 58.8 Å². The molecule has 0 spiro atoms. The fourth-order valence-electron chi connectivity index (χ4n) is 4.05. The van der Waals surface area contributed by atoms with Crippen molar-refractivity contribution in [3.8, 4) is 5.75 Å². The van der Waals surface area contributed by atoms with E-state index in [0.29, 0.717) is 12.5 Å². The van der Waals surface area contributed by atoms with Crippen molar-refractivity contribution < 1.29 is 9.53 Å². The maximum Gasteiger partial charge on any atom is 0.247 e. The van der Waals surface area contributed by atoms with Gasteiger partial charge in [-0.2, -0.15) is 0 Å². The van der Waals surface area contributed by atoms with Crippen molar-refractivity contribution in [2.75, 3.05) is 33.3 Å². The summed E-state index contributed by atoms with van der Waals surface area (Å²) >= 11 is 0. The zero-order valence-corrected chi connectivity index (χ0v) is 15.0. The van der Waals surface area contributed by atoms with E-state index >= 15 is 0 Å². The predicted molar refractivity (Wildman–Crippen MR) is 95.1 cm³/mol. The molecule has 5 nitrogen and oxygen atoms in total. The van der Waals surface area contributed by atoms with Crippen LogP contribution in [0.1, 0.15) is 37.8 Å². The Morgan fingerprint density at radius 2 is 2.04 bits per heavy atom. The van der Waals surface area contributed by atoms with Crippen LogP contribution in [0.5, 0.6) is 5.75 Å². The van der Waals surface area contributed by atoms with Crippen LogP contribution in [0, 0.1) is 0 Å². The quantitative estimate of drug-likeness (QED) is 0.916. The number of hydrogen-bond acceptors (Lipinski definition) is 4. The van der Waals surface area contributed by atoms with E-state index in [1.165, 1.54) is 0 Å². The average molecular weight is 331 g/mol. The van der Waals surface area contributed by atoms with Crippen LogP contribution in [0.3, 0.4) is 0 Å². The molecule has 2 aliphatic rings. The molecule has 24 heavy (non-hydrogen) atoms. The number of methoxy groups -OCH3 is 1. The van der Waals surface area contributed by atoms with Crippen molar-refractivity contribution in [1.29, 1.82) is 0 Å². The van der Waals surface area contributed by atoms with Gasteiger partial charge in [0, 0.05) is 32.2 Å². The van der Waals surface area contributed by atoms with E-state index in [9.17, 15) is 4.79 Å². The molecular formula is C19H29N3O2. The molecule has 1 aromatic carbocycles. The monoisotopic (exact) mass is 331 g/mol. The fourth-order valence-corrected chi connectivity index (χ4v) is 4.05. The highest BCUT2D eigenvalue weighted by Gasteiger charge is 2.45. The van der Waals surface area contributed by atoms with Crippen LogP contribution in [-0.4, -0.2) is 55.0 Å². The van der Waals surface area contributed by atoms with Crippen molar-refractivity contribution in [1.82, 2.24) is 9.80 Å². The van der Waals surface area contributed by atoms with Crippen molar-refractivity contribution >= 4 is 5.91 Å². The van der Waals surface area contributed by atoms with Crippen LogP contribution in [0.25, 0.3) is 0 Å². The molecule has 1 aliphatic carbocycles. The molecule has 0 aromatic heterocycles. The lowest BCUT2D eigenvalue weighted by Crippen LogP contribution is -2.52. The standard InChI is InChI=1S/C19H29N3O2/c1-14(2)21-10-5-11-22(13-12-21)18(23)19(20)9-8-15-16(19)6-4-7-17(15)24-3/h4,6-7,14H,5,8-13,20H2,1-3H3. The Morgan fingerprint density at radius 3 is 2.75 bits per heavy atom. The predicted octanol–water partition coefficient (Wildman–Crippen LogP) is 1.74. The molecule has 1 amide bonds. The van der Waals surface area contributed by atoms with Gasteiger partial charge < -0.3 is 15.4 Å². The van der Waals surface area contributed by atoms with Gasteiger partial charge in [0.1, 0.15) is 11.3 Å². The molecule has 3 rings (SSSR count). The minimum absolute atomic E-state index is 0.0695. The maximum atomic E-state index is 13.3. The Hall–Kier alpha value is -1.59. The molecule has 132 valence electrons. The Balaban J connectivity index is 1.81. The Kier molecular flexibility index (Phi) is 4.83. The highest BCUT2D eigenvalue weighted by Crippen LogP contribution is 2.40. The first kappa shape index (κ1) is 17.2. The second-order valence-corrected chi connectivity index (χ2v) is 7.23. The summed E-state index contributed by atoms with van der Waals surface area (Å²) in [4.78, 5) is 17.7. The number of hydrogen-bond donors (Lipinski definition) is 1. The van der Waals surface area contributed by atoms with Gasteiger partial charge in [0.25, 0.3) is 0 Å². The van der Waals surface area contributed by atoms with Crippen LogP contribution < -0.4 is 10.5 Å². The van der Waals surface area contributed by atoms with Gasteiger partial charge in [-0.3, -0.25) is 9.69 Å². The number of benzene rings is 1. The van der Waals surface area contributed by atoms with Crippen LogP contribution in [-0.2, 0) is 16.8 Å². The molecule has 1 atom stereocenters. The molecule has 2 N–H and O–H groups in total. The summed E-state index contributed by atoms with van der Waals surface area (Å²) in [5.74, 6) is 0.912. The molecule has 0 radical (unpaired) electrons. The number of ether oxygens (including phenoxy) is 1. The van der Waals surface area contributed by atoms with Gasteiger partial charge in [0.05, 0.1) is 7.11 Å². The number of rotatable bonds is 3. The SMILES string of the molecule is COc1cccc2c1CCC2(N)C(=O)N1CCCN(C(C)C)CC1. The molecule has 5 heteroatoms. The van der Waals surface area contributed by atoms with Gasteiger partial charge in [-0.05, 0) is 50.3 Å². The average Bonchev–Trinajstić information content (AvgIpc) is 2.78. The first-order valence-corrected chi connectivity index (χ1v) is 8.96. The molecule has 1 fully saturated rings. The normalized spacial score (nSPS) is 24.8. The first-order chi connectivity index (χ1) is 11.5. The molecule has 0 saturated carbocycles. The fraction of sp³-hybridized carbons (Fsp3) is 0.632. The minimum Gasteiger partial charge on any atom is -0.496 e. The molecule has 1 unspecified atom stereocenters. The van der Waals surface area contributed by atoms with E-state index in [-0.39, 0.29) is 5.91 Å². The molecule has 1 heterocycles. The van der Waals surface area contributed by atoms with Crippen LogP contribution in [0.15, 0.2) is 18.2 Å². The summed E-state index contributed by atoms with van der Waals surface area (Å²) in [6.45, 7) is 7.94. The van der Waals surface area contributed by atoms with E-state index in [0.717, 1.165) is 55.9 Å². The van der Waals surface area contributed by atoms with Gasteiger partial charge in [-0.15, -0.1) is 0 Å². The van der Waals surface area contributed by atoms with Gasteiger partial charge in [-0.25, -0.2) is 0 Å². The third-order valence-electron chi connectivity index (χ3n) is 5.53. The third kappa shape index (κ3) is 2.91. The summed E-state index contributed by atoms with van der Waals surface area (Å²) in [7, 11) is 1.67. The van der Waals surface area contributed by atoms with E-state index < -0.39 is 5.54 Å². The van der Waals surface area contributed by atoms with E-state index in [1.54, 1.807) is 7.11 Å². The molecular weight excluding hydrogens is 302 g/mol. The second-order valence-electron chi connectivity index (χ2n) is 7.23. The maximum absolute atomic E-state index is 13.3. The number of carbonyl (C=O) groups is 1. The number of nitrogens with two attached hydrogens (primary N) is 1. The van der Waals surface area contributed by atoms with Crippen LogP contribution >= 0.6 is 0 Å². The summed E-state index contributed by atoms with van der Waals surface area (Å²) in [5.41, 5.74) is 7.78. The highest BCUT2D eigenvalue weighted by atomic mass is 16.5. The minimum atomic E-state index is -0.906. The number of nitrogens with zero attached hydrogens (tertiary/aromatic N) is 2. The largest absolute Gasteiger partial charge is 0.496 e. The van der Waals surface area contributed by atoms with Gasteiger partial charge in [0.2, 0.25) is 5.91 Å². The highest BCUT2D eigenvalue weighted by molar-refractivity contribution is 5.89. The van der Waals surface area contributed by atoms with Gasteiger partial charge in [-0.1, -0.05) is 12.1 Å². The molecule has 1 aromatic rings. The lowest BCUT2D eigenvalue weighted by atomic mass is 9.91. The number of carbonyl (C=O) groups excluding carboxylic acids is 1.